The number of benzene rings is 1. The summed E-state index contributed by atoms with van der Waals surface area (Å²) < 4.78 is 1.71. The van der Waals surface area contributed by atoms with Crippen LogP contribution in [0.15, 0.2) is 40.3 Å². The fraction of sp³-hybridized carbons (Fsp3) is 0.458. The molecule has 1 fully saturated rings. The Morgan fingerprint density at radius 1 is 1.16 bits per heavy atom. The molecule has 7 heteroatoms. The standard InChI is InChI=1S/C24H27N3O2S2/c1-16-11-13-26(14-12-16)20(28)15-30-24-25-22-21(18-9-5-6-10-19(18)31-22)23(29)27(24)17-7-3-2-4-8-17/h2-4,7-8,16H,5-6,9-15H2,1H3. The van der Waals surface area contributed by atoms with Crippen molar-refractivity contribution < 1.29 is 4.79 Å². The number of thiophene rings is 1. The molecule has 0 unspecified atom stereocenters. The van der Waals surface area contributed by atoms with Gasteiger partial charge in [-0.05, 0) is 62.1 Å². The van der Waals surface area contributed by atoms with Gasteiger partial charge in [-0.3, -0.25) is 14.2 Å². The average molecular weight is 454 g/mol. The first-order valence-electron chi connectivity index (χ1n) is 11.1. The fourth-order valence-corrected chi connectivity index (χ4v) is 6.78. The van der Waals surface area contributed by atoms with Crippen LogP contribution in [0.1, 0.15) is 43.0 Å². The number of nitrogens with zero attached hydrogens (tertiary/aromatic N) is 3. The van der Waals surface area contributed by atoms with Crippen molar-refractivity contribution in [1.29, 1.82) is 0 Å². The molecule has 0 bridgehead atoms. The van der Waals surface area contributed by atoms with Gasteiger partial charge in [-0.15, -0.1) is 11.3 Å². The van der Waals surface area contributed by atoms with Gasteiger partial charge in [0.15, 0.2) is 5.16 Å². The molecule has 31 heavy (non-hydrogen) atoms. The van der Waals surface area contributed by atoms with E-state index in [2.05, 4.69) is 6.92 Å². The molecule has 5 nitrogen and oxygen atoms in total. The lowest BCUT2D eigenvalue weighted by molar-refractivity contribution is -0.129. The maximum Gasteiger partial charge on any atom is 0.267 e. The highest BCUT2D eigenvalue weighted by atomic mass is 32.2. The molecular weight excluding hydrogens is 426 g/mol. The smallest absolute Gasteiger partial charge is 0.267 e. The molecule has 3 aromatic rings. The van der Waals surface area contributed by atoms with E-state index in [-0.39, 0.29) is 11.5 Å². The van der Waals surface area contributed by atoms with Crippen molar-refractivity contribution in [3.05, 3.63) is 51.1 Å². The first kappa shape index (κ1) is 20.8. The Hall–Kier alpha value is -2.12. The van der Waals surface area contributed by atoms with Crippen LogP contribution in [-0.4, -0.2) is 39.2 Å². The Kier molecular flexibility index (Phi) is 5.89. The van der Waals surface area contributed by atoms with Crippen molar-refractivity contribution in [3.8, 4) is 5.69 Å². The van der Waals surface area contributed by atoms with Gasteiger partial charge in [0.2, 0.25) is 5.91 Å². The highest BCUT2D eigenvalue weighted by molar-refractivity contribution is 7.99. The zero-order chi connectivity index (χ0) is 21.4. The highest BCUT2D eigenvalue weighted by Gasteiger charge is 2.24. The maximum absolute atomic E-state index is 13.7. The van der Waals surface area contributed by atoms with Gasteiger partial charge in [-0.25, -0.2) is 4.98 Å². The third-order valence-electron chi connectivity index (χ3n) is 6.43. The number of piperidine rings is 1. The second kappa shape index (κ2) is 8.79. The van der Waals surface area contributed by atoms with E-state index in [1.54, 1.807) is 15.9 Å². The molecular formula is C24H27N3O2S2. The summed E-state index contributed by atoms with van der Waals surface area (Å²) in [6.45, 7) is 3.90. The number of thioether (sulfide) groups is 1. The number of hydrogen-bond donors (Lipinski definition) is 0. The summed E-state index contributed by atoms with van der Waals surface area (Å²) in [5.74, 6) is 1.13. The molecule has 1 saturated heterocycles. The van der Waals surface area contributed by atoms with Crippen LogP contribution >= 0.6 is 23.1 Å². The highest BCUT2D eigenvalue weighted by Crippen LogP contribution is 2.35. The number of hydrogen-bond acceptors (Lipinski definition) is 5. The topological polar surface area (TPSA) is 55.2 Å². The van der Waals surface area contributed by atoms with Gasteiger partial charge in [-0.2, -0.15) is 0 Å². The van der Waals surface area contributed by atoms with Crippen molar-refractivity contribution in [1.82, 2.24) is 14.5 Å². The number of rotatable bonds is 4. The van der Waals surface area contributed by atoms with Crippen molar-refractivity contribution >= 4 is 39.2 Å². The van der Waals surface area contributed by atoms with Crippen molar-refractivity contribution in [2.24, 2.45) is 5.92 Å². The van der Waals surface area contributed by atoms with Crippen LogP contribution in [0, 0.1) is 5.92 Å². The monoisotopic (exact) mass is 453 g/mol. The van der Waals surface area contributed by atoms with Crippen molar-refractivity contribution in [3.63, 3.8) is 0 Å². The number of fused-ring (bicyclic) bond motifs is 3. The predicted molar refractivity (Wildman–Crippen MR) is 128 cm³/mol. The molecule has 0 spiro atoms. The van der Waals surface area contributed by atoms with E-state index in [0.29, 0.717) is 16.8 Å². The van der Waals surface area contributed by atoms with Crippen LogP contribution in [0.2, 0.25) is 0 Å². The lowest BCUT2D eigenvalue weighted by Crippen LogP contribution is -2.39. The van der Waals surface area contributed by atoms with Crippen LogP contribution in [0.4, 0.5) is 0 Å². The number of carbonyl (C=O) groups is 1. The van der Waals surface area contributed by atoms with Gasteiger partial charge in [0.1, 0.15) is 4.83 Å². The lowest BCUT2D eigenvalue weighted by Gasteiger charge is -2.30. The van der Waals surface area contributed by atoms with Crippen LogP contribution in [0.5, 0.6) is 0 Å². The molecule has 1 aliphatic heterocycles. The molecule has 1 amide bonds. The molecule has 0 saturated carbocycles. The Morgan fingerprint density at radius 3 is 2.68 bits per heavy atom. The zero-order valence-electron chi connectivity index (χ0n) is 17.8. The SMILES string of the molecule is CC1CCN(C(=O)CSc2nc3sc4c(c3c(=O)n2-c2ccccc2)CCCC4)CC1. The number of carbonyl (C=O) groups excluding carboxylic acids is 1. The van der Waals surface area contributed by atoms with Gasteiger partial charge in [0, 0.05) is 18.0 Å². The zero-order valence-corrected chi connectivity index (χ0v) is 19.4. The normalized spacial score (nSPS) is 17.1. The number of para-hydroxylation sites is 1. The molecule has 0 radical (unpaired) electrons. The number of aryl methyl sites for hydroxylation is 2. The van der Waals surface area contributed by atoms with Gasteiger partial charge < -0.3 is 4.90 Å². The summed E-state index contributed by atoms with van der Waals surface area (Å²) >= 11 is 3.05. The Bertz CT molecular complexity index is 1160. The summed E-state index contributed by atoms with van der Waals surface area (Å²) in [5.41, 5.74) is 2.00. The van der Waals surface area contributed by atoms with Gasteiger partial charge >= 0.3 is 0 Å². The second-order valence-corrected chi connectivity index (χ2v) is 10.6. The molecule has 5 rings (SSSR count). The minimum Gasteiger partial charge on any atom is -0.342 e. The molecule has 2 aromatic heterocycles. The van der Waals surface area contributed by atoms with Crippen LogP contribution in [-0.2, 0) is 17.6 Å². The summed E-state index contributed by atoms with van der Waals surface area (Å²) in [7, 11) is 0. The number of likely N-dealkylation sites (tertiary alicyclic amines) is 1. The quantitative estimate of drug-likeness (QED) is 0.425. The molecule has 0 atom stereocenters. The van der Waals surface area contributed by atoms with E-state index in [4.69, 9.17) is 4.98 Å². The van der Waals surface area contributed by atoms with Crippen molar-refractivity contribution in [2.45, 2.75) is 50.6 Å². The third-order valence-corrected chi connectivity index (χ3v) is 8.54. The summed E-state index contributed by atoms with van der Waals surface area (Å²) in [4.78, 5) is 35.5. The van der Waals surface area contributed by atoms with E-state index >= 15 is 0 Å². The Morgan fingerprint density at radius 2 is 1.90 bits per heavy atom. The van der Waals surface area contributed by atoms with Gasteiger partial charge in [0.05, 0.1) is 16.8 Å². The van der Waals surface area contributed by atoms with Crippen LogP contribution in [0.25, 0.3) is 15.9 Å². The summed E-state index contributed by atoms with van der Waals surface area (Å²) in [6, 6.07) is 9.69. The summed E-state index contributed by atoms with van der Waals surface area (Å²) in [6.07, 6.45) is 6.43. The summed E-state index contributed by atoms with van der Waals surface area (Å²) in [5, 5.41) is 1.39. The number of amides is 1. The first-order chi connectivity index (χ1) is 15.1. The van der Waals surface area contributed by atoms with Crippen molar-refractivity contribution in [2.75, 3.05) is 18.8 Å². The van der Waals surface area contributed by atoms with E-state index < -0.39 is 0 Å². The first-order valence-corrected chi connectivity index (χ1v) is 13.0. The molecule has 1 aromatic carbocycles. The van der Waals surface area contributed by atoms with Gasteiger partial charge in [0.25, 0.3) is 5.56 Å². The molecule has 162 valence electrons. The minimum atomic E-state index is -0.00246. The molecule has 1 aliphatic carbocycles. The van der Waals surface area contributed by atoms with E-state index in [1.807, 2.05) is 35.2 Å². The fourth-order valence-electron chi connectivity index (χ4n) is 4.56. The largest absolute Gasteiger partial charge is 0.342 e. The molecule has 3 heterocycles. The Balaban J connectivity index is 1.52. The van der Waals surface area contributed by atoms with E-state index in [0.717, 1.165) is 61.1 Å². The Labute approximate surface area is 190 Å². The van der Waals surface area contributed by atoms with E-state index in [1.165, 1.54) is 28.6 Å². The number of aromatic nitrogens is 2. The minimum absolute atomic E-state index is 0.00246. The molecule has 2 aliphatic rings. The van der Waals surface area contributed by atoms with Gasteiger partial charge in [-0.1, -0.05) is 36.9 Å². The maximum atomic E-state index is 13.7. The second-order valence-electron chi connectivity index (χ2n) is 8.61. The predicted octanol–water partition coefficient (Wildman–Crippen LogP) is 4.68. The molecule has 0 N–H and O–H groups in total. The van der Waals surface area contributed by atoms with E-state index in [9.17, 15) is 9.59 Å². The van der Waals surface area contributed by atoms with Crippen LogP contribution in [0.3, 0.4) is 0 Å². The lowest BCUT2D eigenvalue weighted by atomic mass is 9.97. The average Bonchev–Trinajstić information content (AvgIpc) is 3.17. The third kappa shape index (κ3) is 4.05. The van der Waals surface area contributed by atoms with Crippen LogP contribution < -0.4 is 5.56 Å².